The van der Waals surface area contributed by atoms with Crippen LogP contribution in [0.5, 0.6) is 0 Å². The van der Waals surface area contributed by atoms with E-state index in [1.807, 2.05) is 24.0 Å². The van der Waals surface area contributed by atoms with Crippen molar-refractivity contribution in [3.05, 3.63) is 29.6 Å². The SMILES string of the molecule is Cc1cccc(C(=O)N2CCCCC2CCN)n1.Cl.Cl. The molecule has 1 aliphatic heterocycles. The predicted molar refractivity (Wildman–Crippen MR) is 85.8 cm³/mol. The van der Waals surface area contributed by atoms with E-state index in [2.05, 4.69) is 4.98 Å². The number of amides is 1. The van der Waals surface area contributed by atoms with E-state index in [0.29, 0.717) is 18.3 Å². The van der Waals surface area contributed by atoms with Crippen molar-refractivity contribution in [3.8, 4) is 0 Å². The van der Waals surface area contributed by atoms with Gasteiger partial charge in [0.25, 0.3) is 5.91 Å². The minimum atomic E-state index is 0. The summed E-state index contributed by atoms with van der Waals surface area (Å²) in [7, 11) is 0. The van der Waals surface area contributed by atoms with Crippen molar-refractivity contribution in [2.24, 2.45) is 5.73 Å². The first-order chi connectivity index (χ1) is 8.72. The lowest BCUT2D eigenvalue weighted by atomic mass is 9.99. The number of carbonyl (C=O) groups excluding carboxylic acids is 1. The highest BCUT2D eigenvalue weighted by atomic mass is 35.5. The summed E-state index contributed by atoms with van der Waals surface area (Å²) in [6.07, 6.45) is 4.22. The van der Waals surface area contributed by atoms with Crippen LogP contribution in [-0.2, 0) is 0 Å². The van der Waals surface area contributed by atoms with Crippen LogP contribution in [0.2, 0.25) is 0 Å². The molecule has 0 spiro atoms. The molecule has 1 unspecified atom stereocenters. The second-order valence-corrected chi connectivity index (χ2v) is 4.89. The summed E-state index contributed by atoms with van der Waals surface area (Å²) < 4.78 is 0. The average Bonchev–Trinajstić information content (AvgIpc) is 2.39. The molecule has 2 rings (SSSR count). The Bertz CT molecular complexity index is 427. The fourth-order valence-corrected chi connectivity index (χ4v) is 2.57. The number of pyridine rings is 1. The minimum absolute atomic E-state index is 0. The van der Waals surface area contributed by atoms with Crippen LogP contribution >= 0.6 is 24.8 Å². The van der Waals surface area contributed by atoms with E-state index in [1.54, 1.807) is 6.07 Å². The summed E-state index contributed by atoms with van der Waals surface area (Å²) in [6.45, 7) is 3.37. The maximum Gasteiger partial charge on any atom is 0.272 e. The van der Waals surface area contributed by atoms with E-state index in [9.17, 15) is 4.79 Å². The van der Waals surface area contributed by atoms with Gasteiger partial charge in [-0.1, -0.05) is 6.07 Å². The van der Waals surface area contributed by atoms with Gasteiger partial charge in [-0.15, -0.1) is 24.8 Å². The zero-order valence-electron chi connectivity index (χ0n) is 11.7. The summed E-state index contributed by atoms with van der Waals surface area (Å²) in [5, 5.41) is 0. The standard InChI is InChI=1S/C14H21N3O.2ClH/c1-11-5-4-7-13(16-11)14(18)17-10-3-2-6-12(17)8-9-15;;/h4-5,7,12H,2-3,6,8-10,15H2,1H3;2*1H. The van der Waals surface area contributed by atoms with E-state index in [1.165, 1.54) is 6.42 Å². The number of hydrogen-bond acceptors (Lipinski definition) is 3. The summed E-state index contributed by atoms with van der Waals surface area (Å²) in [5.74, 6) is 0.0526. The van der Waals surface area contributed by atoms with Crippen molar-refractivity contribution in [2.75, 3.05) is 13.1 Å². The van der Waals surface area contributed by atoms with Crippen LogP contribution in [0.25, 0.3) is 0 Å². The molecule has 2 heterocycles. The zero-order chi connectivity index (χ0) is 13.0. The van der Waals surface area contributed by atoms with E-state index >= 15 is 0 Å². The maximum absolute atomic E-state index is 12.5. The molecular weight excluding hydrogens is 297 g/mol. The van der Waals surface area contributed by atoms with Gasteiger partial charge in [0.15, 0.2) is 0 Å². The van der Waals surface area contributed by atoms with Gasteiger partial charge in [-0.3, -0.25) is 4.79 Å². The van der Waals surface area contributed by atoms with Crippen LogP contribution < -0.4 is 5.73 Å². The molecule has 0 radical (unpaired) electrons. The second-order valence-electron chi connectivity index (χ2n) is 4.89. The van der Waals surface area contributed by atoms with Gasteiger partial charge in [-0.2, -0.15) is 0 Å². The van der Waals surface area contributed by atoms with Crippen LogP contribution in [0.1, 0.15) is 41.9 Å². The Morgan fingerprint density at radius 3 is 2.80 bits per heavy atom. The second kappa shape index (κ2) is 9.16. The molecule has 1 atom stereocenters. The van der Waals surface area contributed by atoms with Gasteiger partial charge in [-0.05, 0) is 51.3 Å². The molecular formula is C14H23Cl2N3O. The van der Waals surface area contributed by atoms with Crippen molar-refractivity contribution in [1.29, 1.82) is 0 Å². The molecule has 0 bridgehead atoms. The number of nitrogens with two attached hydrogens (primary N) is 1. The number of nitrogens with zero attached hydrogens (tertiary/aromatic N) is 2. The third kappa shape index (κ3) is 4.62. The highest BCUT2D eigenvalue weighted by Gasteiger charge is 2.27. The highest BCUT2D eigenvalue weighted by Crippen LogP contribution is 2.21. The van der Waals surface area contributed by atoms with E-state index in [0.717, 1.165) is 31.5 Å². The lowest BCUT2D eigenvalue weighted by Gasteiger charge is -2.35. The number of halogens is 2. The van der Waals surface area contributed by atoms with Crippen molar-refractivity contribution in [3.63, 3.8) is 0 Å². The van der Waals surface area contributed by atoms with Gasteiger partial charge in [-0.25, -0.2) is 4.98 Å². The third-order valence-corrected chi connectivity index (χ3v) is 3.50. The molecule has 6 heteroatoms. The van der Waals surface area contributed by atoms with Crippen LogP contribution in [0, 0.1) is 6.92 Å². The molecule has 114 valence electrons. The third-order valence-electron chi connectivity index (χ3n) is 3.50. The molecule has 4 nitrogen and oxygen atoms in total. The Labute approximate surface area is 132 Å². The Morgan fingerprint density at radius 1 is 1.40 bits per heavy atom. The zero-order valence-corrected chi connectivity index (χ0v) is 13.4. The quantitative estimate of drug-likeness (QED) is 0.931. The van der Waals surface area contributed by atoms with Crippen LogP contribution in [0.4, 0.5) is 0 Å². The van der Waals surface area contributed by atoms with Gasteiger partial charge in [0.05, 0.1) is 0 Å². The van der Waals surface area contributed by atoms with Gasteiger partial charge < -0.3 is 10.6 Å². The maximum atomic E-state index is 12.5. The molecule has 1 amide bonds. The number of aromatic nitrogens is 1. The van der Waals surface area contributed by atoms with Crippen molar-refractivity contribution < 1.29 is 4.79 Å². The first-order valence-corrected chi connectivity index (χ1v) is 6.67. The first kappa shape index (κ1) is 19.2. The van der Waals surface area contributed by atoms with Gasteiger partial charge in [0, 0.05) is 18.3 Å². The number of likely N-dealkylation sites (tertiary alicyclic amines) is 1. The number of hydrogen-bond donors (Lipinski definition) is 1. The van der Waals surface area contributed by atoms with Crippen LogP contribution in [0.3, 0.4) is 0 Å². The normalized spacial score (nSPS) is 17.9. The monoisotopic (exact) mass is 319 g/mol. The van der Waals surface area contributed by atoms with Crippen molar-refractivity contribution in [2.45, 2.75) is 38.6 Å². The highest BCUT2D eigenvalue weighted by molar-refractivity contribution is 5.92. The Hall–Kier alpha value is -0.840. The molecule has 20 heavy (non-hydrogen) atoms. The van der Waals surface area contributed by atoms with Gasteiger partial charge in [0.1, 0.15) is 5.69 Å². The number of carbonyl (C=O) groups is 1. The Kier molecular flexibility index (Phi) is 8.78. The average molecular weight is 320 g/mol. The number of aryl methyl sites for hydroxylation is 1. The largest absolute Gasteiger partial charge is 0.334 e. The fraction of sp³-hybridized carbons (Fsp3) is 0.571. The minimum Gasteiger partial charge on any atom is -0.334 e. The molecule has 0 aromatic carbocycles. The summed E-state index contributed by atoms with van der Waals surface area (Å²) in [4.78, 5) is 18.7. The predicted octanol–water partition coefficient (Wildman–Crippen LogP) is 2.58. The molecule has 1 saturated heterocycles. The molecule has 1 aromatic rings. The smallest absolute Gasteiger partial charge is 0.272 e. The molecule has 0 aliphatic carbocycles. The summed E-state index contributed by atoms with van der Waals surface area (Å²) in [5.41, 5.74) is 7.07. The molecule has 1 aliphatic rings. The summed E-state index contributed by atoms with van der Waals surface area (Å²) in [6, 6.07) is 5.88. The fourth-order valence-electron chi connectivity index (χ4n) is 2.57. The summed E-state index contributed by atoms with van der Waals surface area (Å²) >= 11 is 0. The first-order valence-electron chi connectivity index (χ1n) is 6.67. The van der Waals surface area contributed by atoms with E-state index < -0.39 is 0 Å². The number of piperidine rings is 1. The van der Waals surface area contributed by atoms with E-state index in [-0.39, 0.29) is 30.7 Å². The topological polar surface area (TPSA) is 59.2 Å². The molecule has 1 fully saturated rings. The van der Waals surface area contributed by atoms with Crippen molar-refractivity contribution in [1.82, 2.24) is 9.88 Å². The Balaban J connectivity index is 0.00000180. The van der Waals surface area contributed by atoms with Gasteiger partial charge >= 0.3 is 0 Å². The molecule has 0 saturated carbocycles. The van der Waals surface area contributed by atoms with Crippen LogP contribution in [-0.4, -0.2) is 34.9 Å². The lowest BCUT2D eigenvalue weighted by Crippen LogP contribution is -2.44. The van der Waals surface area contributed by atoms with Crippen LogP contribution in [0.15, 0.2) is 18.2 Å². The number of rotatable bonds is 3. The van der Waals surface area contributed by atoms with Crippen molar-refractivity contribution >= 4 is 30.7 Å². The van der Waals surface area contributed by atoms with E-state index in [4.69, 9.17) is 5.73 Å². The molecule has 2 N–H and O–H groups in total. The Morgan fingerprint density at radius 2 is 2.15 bits per heavy atom. The molecule has 1 aromatic heterocycles. The van der Waals surface area contributed by atoms with Gasteiger partial charge in [0.2, 0.25) is 0 Å². The lowest BCUT2D eigenvalue weighted by molar-refractivity contribution is 0.0598.